The predicted molar refractivity (Wildman–Crippen MR) is 77.8 cm³/mol. The molecule has 0 aliphatic heterocycles. The summed E-state index contributed by atoms with van der Waals surface area (Å²) >= 11 is 0. The second-order valence-corrected chi connectivity index (χ2v) is 4.81. The minimum Gasteiger partial charge on any atom is -0.299 e. The van der Waals surface area contributed by atoms with E-state index in [0.29, 0.717) is 18.4 Å². The quantitative estimate of drug-likeness (QED) is 0.479. The minimum absolute atomic E-state index is 0.172. The smallest absolute Gasteiger partial charge is 0.262 e. The highest BCUT2D eigenvalue weighted by molar-refractivity contribution is 5.84. The third kappa shape index (κ3) is 3.09. The summed E-state index contributed by atoms with van der Waals surface area (Å²) in [6.45, 7) is 7.24. The summed E-state index contributed by atoms with van der Waals surface area (Å²) < 4.78 is 0. The molecule has 4 heteroatoms. The number of hydrogen-bond donors (Lipinski definition) is 0. The second kappa shape index (κ2) is 5.65. The Balaban J connectivity index is 2.18. The molecule has 0 heterocycles. The van der Waals surface area contributed by atoms with Crippen LogP contribution in [0.3, 0.4) is 0 Å². The molecule has 0 N–H and O–H groups in total. The first kappa shape index (κ1) is 13.9. The van der Waals surface area contributed by atoms with Crippen LogP contribution in [-0.2, 0) is 17.6 Å². The second-order valence-electron chi connectivity index (χ2n) is 4.81. The standard InChI is InChI=1S/C16H15NO3/c1-11(3-4-12(2)17(19)20)13-5-6-15-10-16(18)8-7-14(15)9-13/h3-6,9H,1-2,7-8,10H2/b4-3-. The van der Waals surface area contributed by atoms with Gasteiger partial charge in [-0.2, -0.15) is 0 Å². The van der Waals surface area contributed by atoms with Crippen LogP contribution in [-0.4, -0.2) is 10.7 Å². The van der Waals surface area contributed by atoms with Crippen molar-refractivity contribution >= 4 is 11.4 Å². The SMILES string of the molecule is C=C(/C=C\C(=C)[N+](=O)[O-])c1ccc2c(c1)CCC(=O)C2. The molecule has 1 aliphatic rings. The molecule has 0 unspecified atom stereocenters. The van der Waals surface area contributed by atoms with Crippen LogP contribution in [0, 0.1) is 10.1 Å². The molecule has 0 spiro atoms. The van der Waals surface area contributed by atoms with Gasteiger partial charge in [-0.1, -0.05) is 24.8 Å². The molecule has 1 aromatic carbocycles. The lowest BCUT2D eigenvalue weighted by molar-refractivity contribution is -0.418. The van der Waals surface area contributed by atoms with E-state index in [2.05, 4.69) is 13.2 Å². The maximum absolute atomic E-state index is 11.4. The highest BCUT2D eigenvalue weighted by Gasteiger charge is 2.15. The first-order valence-electron chi connectivity index (χ1n) is 6.31. The molecular formula is C16H15NO3. The molecule has 20 heavy (non-hydrogen) atoms. The molecule has 0 saturated heterocycles. The molecule has 102 valence electrons. The number of hydrogen-bond acceptors (Lipinski definition) is 3. The number of ketones is 1. The van der Waals surface area contributed by atoms with Crippen LogP contribution in [0.5, 0.6) is 0 Å². The van der Waals surface area contributed by atoms with Crippen LogP contribution in [0.15, 0.2) is 49.2 Å². The van der Waals surface area contributed by atoms with Crippen molar-refractivity contribution in [2.45, 2.75) is 19.3 Å². The summed E-state index contributed by atoms with van der Waals surface area (Å²) in [6, 6.07) is 5.82. The number of rotatable bonds is 4. The van der Waals surface area contributed by atoms with E-state index in [4.69, 9.17) is 0 Å². The maximum Gasteiger partial charge on any atom is 0.262 e. The van der Waals surface area contributed by atoms with Crippen LogP contribution < -0.4 is 0 Å². The van der Waals surface area contributed by atoms with Gasteiger partial charge in [0.25, 0.3) is 5.70 Å². The maximum atomic E-state index is 11.4. The Labute approximate surface area is 117 Å². The lowest BCUT2D eigenvalue weighted by Crippen LogP contribution is -2.13. The fraction of sp³-hybridized carbons (Fsp3) is 0.188. The Kier molecular flexibility index (Phi) is 3.94. The summed E-state index contributed by atoms with van der Waals surface area (Å²) in [7, 11) is 0. The number of aryl methyl sites for hydroxylation is 1. The molecule has 1 aromatic rings. The van der Waals surface area contributed by atoms with Crippen molar-refractivity contribution in [2.24, 2.45) is 0 Å². The topological polar surface area (TPSA) is 60.2 Å². The summed E-state index contributed by atoms with van der Waals surface area (Å²) in [4.78, 5) is 21.3. The lowest BCUT2D eigenvalue weighted by Gasteiger charge is -2.16. The Hall–Kier alpha value is -2.49. The van der Waals surface area contributed by atoms with Gasteiger partial charge in [-0.3, -0.25) is 14.9 Å². The molecule has 0 bridgehead atoms. The van der Waals surface area contributed by atoms with Gasteiger partial charge in [0, 0.05) is 18.9 Å². The van der Waals surface area contributed by atoms with Gasteiger partial charge in [0.1, 0.15) is 5.78 Å². The van der Waals surface area contributed by atoms with Crippen molar-refractivity contribution in [3.05, 3.63) is 76.0 Å². The fourth-order valence-corrected chi connectivity index (χ4v) is 2.16. The highest BCUT2D eigenvalue weighted by Crippen LogP contribution is 2.24. The largest absolute Gasteiger partial charge is 0.299 e. The number of nitrogens with zero attached hydrogens (tertiary/aromatic N) is 1. The number of allylic oxidation sites excluding steroid dienone is 3. The highest BCUT2D eigenvalue weighted by atomic mass is 16.6. The van der Waals surface area contributed by atoms with Crippen LogP contribution in [0.4, 0.5) is 0 Å². The lowest BCUT2D eigenvalue weighted by atomic mass is 9.88. The van der Waals surface area contributed by atoms with Gasteiger partial charge in [0.05, 0.1) is 4.92 Å². The van der Waals surface area contributed by atoms with Gasteiger partial charge in [-0.05, 0) is 41.3 Å². The molecule has 0 saturated carbocycles. The number of carbonyl (C=O) groups excluding carboxylic acids is 1. The van der Waals surface area contributed by atoms with Crippen molar-refractivity contribution < 1.29 is 9.72 Å². The third-order valence-corrected chi connectivity index (χ3v) is 3.35. The van der Waals surface area contributed by atoms with Gasteiger partial charge in [-0.15, -0.1) is 0 Å². The summed E-state index contributed by atoms with van der Waals surface area (Å²) in [5.74, 6) is 0.270. The Morgan fingerprint density at radius 3 is 2.65 bits per heavy atom. The van der Waals surface area contributed by atoms with Gasteiger partial charge < -0.3 is 0 Å². The van der Waals surface area contributed by atoms with Crippen LogP contribution in [0.1, 0.15) is 23.1 Å². The monoisotopic (exact) mass is 269 g/mol. The summed E-state index contributed by atoms with van der Waals surface area (Å²) in [5.41, 5.74) is 3.65. The van der Waals surface area contributed by atoms with E-state index in [-0.39, 0.29) is 11.5 Å². The Morgan fingerprint density at radius 2 is 1.95 bits per heavy atom. The zero-order chi connectivity index (χ0) is 14.7. The number of benzene rings is 1. The molecule has 0 amide bonds. The van der Waals surface area contributed by atoms with Crippen molar-refractivity contribution in [3.63, 3.8) is 0 Å². The van der Waals surface area contributed by atoms with E-state index < -0.39 is 4.92 Å². The molecular weight excluding hydrogens is 254 g/mol. The van der Waals surface area contributed by atoms with Crippen molar-refractivity contribution in [1.82, 2.24) is 0 Å². The van der Waals surface area contributed by atoms with Crippen LogP contribution in [0.2, 0.25) is 0 Å². The van der Waals surface area contributed by atoms with Crippen LogP contribution in [0.25, 0.3) is 5.57 Å². The average Bonchev–Trinajstić information content (AvgIpc) is 2.43. The number of nitro groups is 1. The van der Waals surface area contributed by atoms with Crippen molar-refractivity contribution in [1.29, 1.82) is 0 Å². The molecule has 2 rings (SSSR count). The Bertz CT molecular complexity index is 641. The Morgan fingerprint density at radius 1 is 1.20 bits per heavy atom. The van der Waals surface area contributed by atoms with Crippen molar-refractivity contribution in [2.75, 3.05) is 0 Å². The molecule has 4 nitrogen and oxygen atoms in total. The number of carbonyl (C=O) groups is 1. The van der Waals surface area contributed by atoms with E-state index in [1.165, 1.54) is 6.08 Å². The number of Topliss-reactive ketones (excluding diaryl/α,β-unsaturated/α-hetero) is 1. The van der Waals surface area contributed by atoms with Gasteiger partial charge in [0.2, 0.25) is 0 Å². The first-order valence-corrected chi connectivity index (χ1v) is 6.31. The van der Waals surface area contributed by atoms with Gasteiger partial charge in [-0.25, -0.2) is 0 Å². The molecule has 0 radical (unpaired) electrons. The average molecular weight is 269 g/mol. The van der Waals surface area contributed by atoms with E-state index in [0.717, 1.165) is 23.1 Å². The third-order valence-electron chi connectivity index (χ3n) is 3.35. The number of fused-ring (bicyclic) bond motifs is 1. The van der Waals surface area contributed by atoms with Gasteiger partial charge >= 0.3 is 0 Å². The van der Waals surface area contributed by atoms with Crippen molar-refractivity contribution in [3.8, 4) is 0 Å². The van der Waals surface area contributed by atoms with E-state index in [1.54, 1.807) is 6.08 Å². The zero-order valence-corrected chi connectivity index (χ0v) is 11.1. The molecule has 0 atom stereocenters. The summed E-state index contributed by atoms with van der Waals surface area (Å²) in [5, 5.41) is 10.5. The van der Waals surface area contributed by atoms with Crippen LogP contribution >= 0.6 is 0 Å². The van der Waals surface area contributed by atoms with E-state index in [1.807, 2.05) is 18.2 Å². The van der Waals surface area contributed by atoms with E-state index in [9.17, 15) is 14.9 Å². The predicted octanol–water partition coefficient (Wildman–Crippen LogP) is 3.10. The minimum atomic E-state index is -0.539. The first-order chi connectivity index (χ1) is 9.47. The zero-order valence-electron chi connectivity index (χ0n) is 11.1. The van der Waals surface area contributed by atoms with E-state index >= 15 is 0 Å². The molecule has 1 aliphatic carbocycles. The fourth-order valence-electron chi connectivity index (χ4n) is 2.16. The molecule has 0 fully saturated rings. The van der Waals surface area contributed by atoms with Gasteiger partial charge in [0.15, 0.2) is 0 Å². The normalized spacial score (nSPS) is 14.1. The molecule has 0 aromatic heterocycles. The summed E-state index contributed by atoms with van der Waals surface area (Å²) in [6.07, 6.45) is 4.75.